The number of nitrogens with one attached hydrogen (secondary N) is 1. The Bertz CT molecular complexity index is 543. The highest BCUT2D eigenvalue weighted by Crippen LogP contribution is 2.25. The summed E-state index contributed by atoms with van der Waals surface area (Å²) in [5.74, 6) is -0.909. The zero-order chi connectivity index (χ0) is 13.1. The Labute approximate surface area is 109 Å². The Morgan fingerprint density at radius 2 is 2.00 bits per heavy atom. The third-order valence-electron chi connectivity index (χ3n) is 2.52. The molecular weight excluding hydrogens is 258 g/mol. The number of nitrogens with zero attached hydrogens (tertiary/aromatic N) is 1. The molecule has 0 aliphatic heterocycles. The lowest BCUT2D eigenvalue weighted by Crippen LogP contribution is -2.09. The lowest BCUT2D eigenvalue weighted by atomic mass is 10.2. The van der Waals surface area contributed by atoms with E-state index in [4.69, 9.17) is 11.6 Å². The van der Waals surface area contributed by atoms with E-state index in [0.29, 0.717) is 11.4 Å². The van der Waals surface area contributed by atoms with E-state index in [9.17, 15) is 8.78 Å². The van der Waals surface area contributed by atoms with Crippen LogP contribution in [0.25, 0.3) is 0 Å². The molecule has 1 aromatic heterocycles. The number of rotatable bonds is 3. The van der Waals surface area contributed by atoms with Crippen molar-refractivity contribution < 1.29 is 8.78 Å². The van der Waals surface area contributed by atoms with Crippen molar-refractivity contribution in [2.45, 2.75) is 13.0 Å². The molecule has 2 nitrogen and oxygen atoms in total. The van der Waals surface area contributed by atoms with Gasteiger partial charge in [0.05, 0.1) is 28.6 Å². The highest BCUT2D eigenvalue weighted by atomic mass is 35.5. The fraction of sp³-hybridized carbons (Fsp3) is 0.154. The summed E-state index contributed by atoms with van der Waals surface area (Å²) in [4.78, 5) is 3.93. The Balaban J connectivity index is 2.18. The molecule has 0 saturated carbocycles. The summed E-state index contributed by atoms with van der Waals surface area (Å²) in [5.41, 5.74) is 0.914. The quantitative estimate of drug-likeness (QED) is 0.903. The van der Waals surface area contributed by atoms with Gasteiger partial charge in [0.2, 0.25) is 0 Å². The number of aromatic nitrogens is 1. The highest BCUT2D eigenvalue weighted by molar-refractivity contribution is 6.31. The molecule has 1 unspecified atom stereocenters. The van der Waals surface area contributed by atoms with Gasteiger partial charge in [-0.15, -0.1) is 0 Å². The van der Waals surface area contributed by atoms with Gasteiger partial charge < -0.3 is 5.32 Å². The van der Waals surface area contributed by atoms with Crippen LogP contribution < -0.4 is 5.32 Å². The predicted molar refractivity (Wildman–Crippen MR) is 67.6 cm³/mol. The minimum absolute atomic E-state index is 0.0549. The summed E-state index contributed by atoms with van der Waals surface area (Å²) in [7, 11) is 0. The van der Waals surface area contributed by atoms with Crippen LogP contribution in [-0.2, 0) is 0 Å². The summed E-state index contributed by atoms with van der Waals surface area (Å²) >= 11 is 5.68. The molecule has 0 saturated heterocycles. The Hall–Kier alpha value is -1.68. The Kier molecular flexibility index (Phi) is 3.77. The lowest BCUT2D eigenvalue weighted by molar-refractivity contribution is 0.615. The average Bonchev–Trinajstić information content (AvgIpc) is 2.36. The molecule has 1 atom stereocenters. The van der Waals surface area contributed by atoms with Crippen LogP contribution in [0.2, 0.25) is 5.02 Å². The summed E-state index contributed by atoms with van der Waals surface area (Å²) in [6.07, 6.45) is 1.13. The van der Waals surface area contributed by atoms with E-state index >= 15 is 0 Å². The van der Waals surface area contributed by atoms with Crippen molar-refractivity contribution in [3.63, 3.8) is 0 Å². The molecule has 0 aliphatic rings. The third-order valence-corrected chi connectivity index (χ3v) is 2.81. The lowest BCUT2D eigenvalue weighted by Gasteiger charge is -2.15. The first-order valence-electron chi connectivity index (χ1n) is 5.40. The van der Waals surface area contributed by atoms with Gasteiger partial charge in [-0.05, 0) is 31.2 Å². The second-order valence-electron chi connectivity index (χ2n) is 3.87. The van der Waals surface area contributed by atoms with Gasteiger partial charge in [-0.2, -0.15) is 0 Å². The summed E-state index contributed by atoms with van der Waals surface area (Å²) in [6, 6.07) is 7.33. The van der Waals surface area contributed by atoms with Crippen LogP contribution in [0.4, 0.5) is 14.5 Å². The van der Waals surface area contributed by atoms with E-state index in [1.165, 1.54) is 12.1 Å². The van der Waals surface area contributed by atoms with Crippen molar-refractivity contribution in [3.8, 4) is 0 Å². The van der Waals surface area contributed by atoms with Crippen molar-refractivity contribution in [1.29, 1.82) is 0 Å². The topological polar surface area (TPSA) is 24.9 Å². The Morgan fingerprint density at radius 3 is 2.67 bits per heavy atom. The number of hydrogen-bond donors (Lipinski definition) is 1. The van der Waals surface area contributed by atoms with E-state index in [-0.39, 0.29) is 11.1 Å². The number of halogens is 3. The van der Waals surface area contributed by atoms with Crippen LogP contribution in [0.3, 0.4) is 0 Å². The first-order valence-corrected chi connectivity index (χ1v) is 5.77. The molecular formula is C13H11ClF2N2. The van der Waals surface area contributed by atoms with Crippen LogP contribution in [0.1, 0.15) is 18.7 Å². The standard InChI is InChI=1S/C13H11ClF2N2/c1-8(11-6-5-9(15)7-17-11)18-12-4-2-3-10(14)13(12)16/h2-8,18H,1H3. The zero-order valence-corrected chi connectivity index (χ0v) is 10.4. The average molecular weight is 269 g/mol. The van der Waals surface area contributed by atoms with Crippen LogP contribution in [0, 0.1) is 11.6 Å². The van der Waals surface area contributed by atoms with E-state index < -0.39 is 11.6 Å². The smallest absolute Gasteiger partial charge is 0.164 e. The molecule has 0 fully saturated rings. The molecule has 1 heterocycles. The first kappa shape index (κ1) is 12.8. The molecule has 2 rings (SSSR count). The largest absolute Gasteiger partial charge is 0.375 e. The summed E-state index contributed by atoms with van der Waals surface area (Å²) in [6.45, 7) is 1.81. The van der Waals surface area contributed by atoms with E-state index in [2.05, 4.69) is 10.3 Å². The number of anilines is 1. The minimum Gasteiger partial charge on any atom is -0.375 e. The molecule has 0 spiro atoms. The Morgan fingerprint density at radius 1 is 1.22 bits per heavy atom. The first-order chi connectivity index (χ1) is 8.58. The highest BCUT2D eigenvalue weighted by Gasteiger charge is 2.11. The maximum absolute atomic E-state index is 13.7. The molecule has 2 aromatic rings. The second-order valence-corrected chi connectivity index (χ2v) is 4.28. The van der Waals surface area contributed by atoms with Gasteiger partial charge in [-0.1, -0.05) is 17.7 Å². The van der Waals surface area contributed by atoms with Gasteiger partial charge >= 0.3 is 0 Å². The SMILES string of the molecule is CC(Nc1cccc(Cl)c1F)c1ccc(F)cn1. The van der Waals surface area contributed by atoms with Crippen LogP contribution in [-0.4, -0.2) is 4.98 Å². The maximum atomic E-state index is 13.7. The molecule has 1 N–H and O–H groups in total. The molecule has 0 bridgehead atoms. The van der Waals surface area contributed by atoms with Crippen molar-refractivity contribution in [2.24, 2.45) is 0 Å². The van der Waals surface area contributed by atoms with Gasteiger partial charge in [0, 0.05) is 0 Å². The van der Waals surface area contributed by atoms with Crippen LogP contribution >= 0.6 is 11.6 Å². The fourth-order valence-electron chi connectivity index (χ4n) is 1.57. The number of pyridine rings is 1. The van der Waals surface area contributed by atoms with E-state index in [1.807, 2.05) is 0 Å². The normalized spacial score (nSPS) is 12.2. The molecule has 5 heteroatoms. The van der Waals surface area contributed by atoms with Gasteiger partial charge in [0.15, 0.2) is 5.82 Å². The van der Waals surface area contributed by atoms with Crippen LogP contribution in [0.5, 0.6) is 0 Å². The summed E-state index contributed by atoms with van der Waals surface area (Å²) in [5, 5.41) is 3.00. The van der Waals surface area contributed by atoms with Crippen molar-refractivity contribution in [3.05, 3.63) is 58.9 Å². The number of hydrogen-bond acceptors (Lipinski definition) is 2. The minimum atomic E-state index is -0.506. The van der Waals surface area contributed by atoms with Gasteiger partial charge in [0.25, 0.3) is 0 Å². The zero-order valence-electron chi connectivity index (χ0n) is 9.62. The van der Waals surface area contributed by atoms with Gasteiger partial charge in [0.1, 0.15) is 5.82 Å². The molecule has 1 aromatic carbocycles. The molecule has 0 radical (unpaired) electrons. The fourth-order valence-corrected chi connectivity index (χ4v) is 1.74. The molecule has 0 amide bonds. The maximum Gasteiger partial charge on any atom is 0.164 e. The van der Waals surface area contributed by atoms with Crippen molar-refractivity contribution >= 4 is 17.3 Å². The molecule has 94 valence electrons. The summed E-state index contributed by atoms with van der Waals surface area (Å²) < 4.78 is 26.4. The van der Waals surface area contributed by atoms with Crippen molar-refractivity contribution in [1.82, 2.24) is 4.98 Å². The van der Waals surface area contributed by atoms with Gasteiger partial charge in [-0.3, -0.25) is 4.98 Å². The predicted octanol–water partition coefficient (Wildman–Crippen LogP) is 4.19. The number of benzene rings is 1. The molecule has 0 aliphatic carbocycles. The van der Waals surface area contributed by atoms with E-state index in [0.717, 1.165) is 6.20 Å². The monoisotopic (exact) mass is 268 g/mol. The second kappa shape index (κ2) is 5.31. The third kappa shape index (κ3) is 2.76. The van der Waals surface area contributed by atoms with Gasteiger partial charge in [-0.25, -0.2) is 8.78 Å². The van der Waals surface area contributed by atoms with Crippen molar-refractivity contribution in [2.75, 3.05) is 5.32 Å². The van der Waals surface area contributed by atoms with E-state index in [1.54, 1.807) is 25.1 Å². The molecule has 18 heavy (non-hydrogen) atoms. The van der Waals surface area contributed by atoms with Crippen LogP contribution in [0.15, 0.2) is 36.5 Å².